The van der Waals surface area contributed by atoms with Crippen LogP contribution in [0, 0.1) is 5.92 Å². The van der Waals surface area contributed by atoms with Gasteiger partial charge in [0.1, 0.15) is 5.82 Å². The lowest BCUT2D eigenvalue weighted by atomic mass is 9.77. The van der Waals surface area contributed by atoms with Crippen LogP contribution in [-0.2, 0) is 6.18 Å². The smallest absolute Gasteiger partial charge is 0.394 e. The average molecular weight is 288 g/mol. The summed E-state index contributed by atoms with van der Waals surface area (Å²) in [6.07, 6.45) is -0.0378. The van der Waals surface area contributed by atoms with Crippen molar-refractivity contribution in [3.8, 4) is 0 Å². The Morgan fingerprint density at radius 2 is 2.05 bits per heavy atom. The van der Waals surface area contributed by atoms with E-state index in [-0.39, 0.29) is 12.4 Å². The van der Waals surface area contributed by atoms with Crippen LogP contribution in [0.5, 0.6) is 0 Å². The standard InChI is InChI=1S/C14H19F3N2O/c1-10-4-6-13(9-20,7-5-10)19-12-11(14(15,16)17)3-2-8-18-12/h2-3,8,10,20H,4-7,9H2,1H3,(H,18,19). The van der Waals surface area contributed by atoms with Gasteiger partial charge in [0.25, 0.3) is 0 Å². The fourth-order valence-corrected chi connectivity index (χ4v) is 2.62. The van der Waals surface area contributed by atoms with Crippen LogP contribution in [0.1, 0.15) is 38.2 Å². The molecule has 2 rings (SSSR count). The second-order valence-electron chi connectivity index (χ2n) is 5.64. The molecule has 112 valence electrons. The van der Waals surface area contributed by atoms with Crippen molar-refractivity contribution in [1.29, 1.82) is 0 Å². The van der Waals surface area contributed by atoms with Gasteiger partial charge < -0.3 is 10.4 Å². The van der Waals surface area contributed by atoms with E-state index in [0.29, 0.717) is 18.8 Å². The fourth-order valence-electron chi connectivity index (χ4n) is 2.62. The lowest BCUT2D eigenvalue weighted by molar-refractivity contribution is -0.137. The van der Waals surface area contributed by atoms with Crippen LogP contribution in [-0.4, -0.2) is 22.2 Å². The number of anilines is 1. The molecule has 1 aromatic heterocycles. The molecule has 0 atom stereocenters. The molecule has 1 aliphatic rings. The molecule has 0 bridgehead atoms. The van der Waals surface area contributed by atoms with Crippen molar-refractivity contribution in [3.63, 3.8) is 0 Å². The zero-order chi connectivity index (χ0) is 14.8. The van der Waals surface area contributed by atoms with Crippen LogP contribution >= 0.6 is 0 Å². The first-order chi connectivity index (χ1) is 9.36. The Morgan fingerprint density at radius 1 is 1.40 bits per heavy atom. The molecule has 0 radical (unpaired) electrons. The maximum Gasteiger partial charge on any atom is 0.419 e. The number of aliphatic hydroxyl groups excluding tert-OH is 1. The van der Waals surface area contributed by atoms with E-state index in [1.54, 1.807) is 0 Å². The van der Waals surface area contributed by atoms with E-state index in [9.17, 15) is 18.3 Å². The lowest BCUT2D eigenvalue weighted by Gasteiger charge is -2.39. The third-order valence-electron chi connectivity index (χ3n) is 4.03. The van der Waals surface area contributed by atoms with Crippen molar-refractivity contribution < 1.29 is 18.3 Å². The van der Waals surface area contributed by atoms with Gasteiger partial charge in [0.15, 0.2) is 0 Å². The fraction of sp³-hybridized carbons (Fsp3) is 0.643. The van der Waals surface area contributed by atoms with E-state index < -0.39 is 17.3 Å². The first kappa shape index (κ1) is 15.1. The van der Waals surface area contributed by atoms with Crippen molar-refractivity contribution in [2.24, 2.45) is 5.92 Å². The molecule has 1 heterocycles. The average Bonchev–Trinajstić information content (AvgIpc) is 2.41. The Hall–Kier alpha value is -1.30. The molecule has 0 aromatic carbocycles. The van der Waals surface area contributed by atoms with Gasteiger partial charge in [0.05, 0.1) is 17.7 Å². The Morgan fingerprint density at radius 3 is 2.60 bits per heavy atom. The zero-order valence-corrected chi connectivity index (χ0v) is 11.4. The molecule has 0 spiro atoms. The number of hydrogen-bond donors (Lipinski definition) is 2. The normalized spacial score (nSPS) is 27.4. The number of alkyl halides is 3. The molecule has 0 saturated heterocycles. The summed E-state index contributed by atoms with van der Waals surface area (Å²) in [5, 5.41) is 12.5. The third-order valence-corrected chi connectivity index (χ3v) is 4.03. The van der Waals surface area contributed by atoms with Gasteiger partial charge in [0.2, 0.25) is 0 Å². The molecular formula is C14H19F3N2O. The first-order valence-corrected chi connectivity index (χ1v) is 6.77. The topological polar surface area (TPSA) is 45.1 Å². The number of nitrogens with zero attached hydrogens (tertiary/aromatic N) is 1. The van der Waals surface area contributed by atoms with E-state index in [1.165, 1.54) is 12.3 Å². The maximum absolute atomic E-state index is 13.0. The summed E-state index contributed by atoms with van der Waals surface area (Å²) in [4.78, 5) is 3.81. The molecule has 0 unspecified atom stereocenters. The largest absolute Gasteiger partial charge is 0.419 e. The van der Waals surface area contributed by atoms with Crippen LogP contribution in [0.25, 0.3) is 0 Å². The molecule has 1 fully saturated rings. The monoisotopic (exact) mass is 288 g/mol. The predicted molar refractivity (Wildman–Crippen MR) is 70.3 cm³/mol. The summed E-state index contributed by atoms with van der Waals surface area (Å²) >= 11 is 0. The molecular weight excluding hydrogens is 269 g/mol. The van der Waals surface area contributed by atoms with Gasteiger partial charge in [0, 0.05) is 6.20 Å². The predicted octanol–water partition coefficient (Wildman–Crippen LogP) is 3.45. The number of aromatic nitrogens is 1. The molecule has 1 aromatic rings. The zero-order valence-electron chi connectivity index (χ0n) is 11.4. The number of hydrogen-bond acceptors (Lipinski definition) is 3. The summed E-state index contributed by atoms with van der Waals surface area (Å²) < 4.78 is 38.9. The SMILES string of the molecule is CC1CCC(CO)(Nc2ncccc2C(F)(F)F)CC1. The highest BCUT2D eigenvalue weighted by molar-refractivity contribution is 5.48. The van der Waals surface area contributed by atoms with Gasteiger partial charge in [-0.2, -0.15) is 13.2 Å². The number of halogens is 3. The summed E-state index contributed by atoms with van der Waals surface area (Å²) in [6, 6.07) is 2.27. The number of pyridine rings is 1. The first-order valence-electron chi connectivity index (χ1n) is 6.77. The highest BCUT2D eigenvalue weighted by Gasteiger charge is 2.38. The van der Waals surface area contributed by atoms with Crippen molar-refractivity contribution in [1.82, 2.24) is 4.98 Å². The Kier molecular flexibility index (Phi) is 4.22. The van der Waals surface area contributed by atoms with Crippen molar-refractivity contribution >= 4 is 5.82 Å². The minimum absolute atomic E-state index is 0.187. The van der Waals surface area contributed by atoms with Crippen LogP contribution in [0.2, 0.25) is 0 Å². The van der Waals surface area contributed by atoms with Gasteiger partial charge in [-0.15, -0.1) is 0 Å². The molecule has 20 heavy (non-hydrogen) atoms. The third kappa shape index (κ3) is 3.23. The molecule has 0 amide bonds. The van der Waals surface area contributed by atoms with E-state index in [2.05, 4.69) is 17.2 Å². The van der Waals surface area contributed by atoms with Crippen LogP contribution in [0.3, 0.4) is 0 Å². The van der Waals surface area contributed by atoms with Crippen molar-refractivity contribution in [2.75, 3.05) is 11.9 Å². The van der Waals surface area contributed by atoms with Crippen molar-refractivity contribution in [3.05, 3.63) is 23.9 Å². The van der Waals surface area contributed by atoms with Gasteiger partial charge in [-0.05, 0) is 43.7 Å². The molecule has 6 heteroatoms. The number of aliphatic hydroxyl groups is 1. The number of rotatable bonds is 3. The summed E-state index contributed by atoms with van der Waals surface area (Å²) in [7, 11) is 0. The van der Waals surface area contributed by atoms with E-state index in [1.807, 2.05) is 0 Å². The quantitative estimate of drug-likeness (QED) is 0.895. The summed E-state index contributed by atoms with van der Waals surface area (Å²) in [6.45, 7) is 1.93. The minimum Gasteiger partial charge on any atom is -0.394 e. The van der Waals surface area contributed by atoms with Gasteiger partial charge >= 0.3 is 6.18 Å². The Bertz CT molecular complexity index is 454. The van der Waals surface area contributed by atoms with Crippen LogP contribution < -0.4 is 5.32 Å². The summed E-state index contributed by atoms with van der Waals surface area (Å²) in [5.41, 5.74) is -1.48. The second-order valence-corrected chi connectivity index (χ2v) is 5.64. The highest BCUT2D eigenvalue weighted by atomic mass is 19.4. The van der Waals surface area contributed by atoms with Crippen LogP contribution in [0.4, 0.5) is 19.0 Å². The Labute approximate surface area is 116 Å². The molecule has 1 aliphatic carbocycles. The van der Waals surface area contributed by atoms with Crippen molar-refractivity contribution in [2.45, 2.75) is 44.3 Å². The van der Waals surface area contributed by atoms with E-state index in [0.717, 1.165) is 18.9 Å². The molecule has 0 aliphatic heterocycles. The van der Waals surface area contributed by atoms with Gasteiger partial charge in [-0.1, -0.05) is 6.92 Å². The maximum atomic E-state index is 13.0. The molecule has 3 nitrogen and oxygen atoms in total. The molecule has 1 saturated carbocycles. The van der Waals surface area contributed by atoms with Gasteiger partial charge in [-0.3, -0.25) is 0 Å². The van der Waals surface area contributed by atoms with Gasteiger partial charge in [-0.25, -0.2) is 4.98 Å². The number of nitrogens with one attached hydrogen (secondary N) is 1. The minimum atomic E-state index is -4.45. The molecule has 2 N–H and O–H groups in total. The second kappa shape index (κ2) is 5.60. The Balaban J connectivity index is 2.24. The highest BCUT2D eigenvalue weighted by Crippen LogP contribution is 2.38. The lowest BCUT2D eigenvalue weighted by Crippen LogP contribution is -2.45. The van der Waals surface area contributed by atoms with E-state index >= 15 is 0 Å². The van der Waals surface area contributed by atoms with E-state index in [4.69, 9.17) is 0 Å². The van der Waals surface area contributed by atoms with Crippen LogP contribution in [0.15, 0.2) is 18.3 Å². The summed E-state index contributed by atoms with van der Waals surface area (Å²) in [5.74, 6) is 0.353.